The van der Waals surface area contributed by atoms with Crippen molar-refractivity contribution in [3.05, 3.63) is 35.7 Å². The van der Waals surface area contributed by atoms with Crippen molar-refractivity contribution in [2.24, 2.45) is 5.92 Å². The Kier molecular flexibility index (Phi) is 2.67. The van der Waals surface area contributed by atoms with Crippen molar-refractivity contribution in [1.29, 1.82) is 0 Å². The monoisotopic (exact) mass is 201 g/mol. The number of nitrogens with zero attached hydrogens (tertiary/aromatic N) is 1. The van der Waals surface area contributed by atoms with Gasteiger partial charge >= 0.3 is 0 Å². The van der Waals surface area contributed by atoms with Crippen molar-refractivity contribution in [1.82, 2.24) is 4.98 Å². The molecule has 1 aliphatic carbocycles. The molecule has 2 heteroatoms. The van der Waals surface area contributed by atoms with Crippen LogP contribution in [0, 0.1) is 12.8 Å². The molecular formula is C13H15NO. The summed E-state index contributed by atoms with van der Waals surface area (Å²) in [6.07, 6.45) is 7.09. The summed E-state index contributed by atoms with van der Waals surface area (Å²) in [6.45, 7) is 4.18. The second-order valence-electron chi connectivity index (χ2n) is 4.34. The third-order valence-corrected chi connectivity index (χ3v) is 2.84. The molecule has 0 spiro atoms. The molecule has 1 aliphatic rings. The van der Waals surface area contributed by atoms with Gasteiger partial charge in [-0.25, -0.2) is 0 Å². The smallest absolute Gasteiger partial charge is 0.156 e. The fourth-order valence-corrected chi connectivity index (χ4v) is 2.09. The van der Waals surface area contributed by atoms with E-state index >= 15 is 0 Å². The number of carbonyl (C=O) groups excluding carboxylic acids is 1. The van der Waals surface area contributed by atoms with Gasteiger partial charge in [-0.15, -0.1) is 0 Å². The van der Waals surface area contributed by atoms with Crippen LogP contribution in [0.3, 0.4) is 0 Å². The summed E-state index contributed by atoms with van der Waals surface area (Å²) in [5.41, 5.74) is 3.46. The van der Waals surface area contributed by atoms with Crippen molar-refractivity contribution in [3.63, 3.8) is 0 Å². The summed E-state index contributed by atoms with van der Waals surface area (Å²) in [7, 11) is 0. The summed E-state index contributed by atoms with van der Waals surface area (Å²) in [5, 5.41) is 0. The van der Waals surface area contributed by atoms with Gasteiger partial charge in [-0.05, 0) is 48.1 Å². The topological polar surface area (TPSA) is 30.0 Å². The highest BCUT2D eigenvalue weighted by atomic mass is 16.1. The molecule has 1 aromatic heterocycles. The number of pyridine rings is 1. The minimum atomic E-state index is 0.243. The van der Waals surface area contributed by atoms with Gasteiger partial charge in [-0.3, -0.25) is 9.78 Å². The fourth-order valence-electron chi connectivity index (χ4n) is 2.09. The number of ketones is 1. The maximum absolute atomic E-state index is 11.5. The van der Waals surface area contributed by atoms with Crippen LogP contribution in [-0.2, 0) is 4.79 Å². The van der Waals surface area contributed by atoms with Crippen LogP contribution in [0.1, 0.15) is 30.9 Å². The average Bonchev–Trinajstić information content (AvgIpc) is 2.16. The van der Waals surface area contributed by atoms with E-state index in [-0.39, 0.29) is 5.78 Å². The molecule has 0 radical (unpaired) electrons. The highest BCUT2D eigenvalue weighted by Gasteiger charge is 2.18. The van der Waals surface area contributed by atoms with Crippen LogP contribution in [0.2, 0.25) is 0 Å². The first-order chi connectivity index (χ1) is 7.16. The van der Waals surface area contributed by atoms with Gasteiger partial charge in [0.1, 0.15) is 0 Å². The predicted octanol–water partition coefficient (Wildman–Crippen LogP) is 2.77. The molecule has 1 atom stereocenters. The molecule has 0 fully saturated rings. The Labute approximate surface area is 90.0 Å². The van der Waals surface area contributed by atoms with Crippen LogP contribution < -0.4 is 0 Å². The quantitative estimate of drug-likeness (QED) is 0.699. The molecule has 0 aromatic carbocycles. The van der Waals surface area contributed by atoms with Crippen LogP contribution in [0.15, 0.2) is 24.5 Å². The summed E-state index contributed by atoms with van der Waals surface area (Å²) in [4.78, 5) is 15.6. The lowest BCUT2D eigenvalue weighted by atomic mass is 9.85. The first-order valence-corrected chi connectivity index (χ1v) is 5.31. The van der Waals surface area contributed by atoms with Crippen molar-refractivity contribution in [3.8, 4) is 0 Å². The minimum Gasteiger partial charge on any atom is -0.295 e. The van der Waals surface area contributed by atoms with E-state index in [0.29, 0.717) is 12.3 Å². The van der Waals surface area contributed by atoms with E-state index in [1.165, 1.54) is 5.56 Å². The summed E-state index contributed by atoms with van der Waals surface area (Å²) < 4.78 is 0. The molecule has 0 aliphatic heterocycles. The van der Waals surface area contributed by atoms with E-state index in [9.17, 15) is 4.79 Å². The third-order valence-electron chi connectivity index (χ3n) is 2.84. The Morgan fingerprint density at radius 2 is 2.20 bits per heavy atom. The number of aryl methyl sites for hydroxylation is 1. The van der Waals surface area contributed by atoms with Crippen LogP contribution in [0.4, 0.5) is 0 Å². The molecule has 0 saturated carbocycles. The first kappa shape index (κ1) is 10.1. The molecule has 1 heterocycles. The van der Waals surface area contributed by atoms with Crippen molar-refractivity contribution in [2.75, 3.05) is 0 Å². The van der Waals surface area contributed by atoms with Gasteiger partial charge in [-0.2, -0.15) is 0 Å². The zero-order valence-electron chi connectivity index (χ0n) is 9.16. The van der Waals surface area contributed by atoms with E-state index < -0.39 is 0 Å². The van der Waals surface area contributed by atoms with Gasteiger partial charge in [0.05, 0.1) is 0 Å². The molecule has 1 aromatic rings. The second kappa shape index (κ2) is 3.97. The Hall–Kier alpha value is -1.44. The molecular weight excluding hydrogens is 186 g/mol. The van der Waals surface area contributed by atoms with Crippen LogP contribution in [0.25, 0.3) is 5.57 Å². The molecule has 78 valence electrons. The Morgan fingerprint density at radius 1 is 1.40 bits per heavy atom. The minimum absolute atomic E-state index is 0.243. The van der Waals surface area contributed by atoms with E-state index in [2.05, 4.69) is 18.8 Å². The number of allylic oxidation sites excluding steroid dienone is 2. The average molecular weight is 201 g/mol. The number of rotatable bonds is 1. The highest BCUT2D eigenvalue weighted by molar-refractivity contribution is 5.98. The van der Waals surface area contributed by atoms with Gasteiger partial charge in [-0.1, -0.05) is 6.92 Å². The zero-order valence-corrected chi connectivity index (χ0v) is 9.16. The van der Waals surface area contributed by atoms with E-state index in [1.54, 1.807) is 12.3 Å². The lowest BCUT2D eigenvalue weighted by Gasteiger charge is -2.19. The molecule has 1 unspecified atom stereocenters. The van der Waals surface area contributed by atoms with Crippen molar-refractivity contribution in [2.45, 2.75) is 26.7 Å². The SMILES string of the molecule is Cc1ccncc1C1=CC(=O)CC(C)C1. The molecule has 0 N–H and O–H groups in total. The van der Waals surface area contributed by atoms with Gasteiger partial charge in [0.15, 0.2) is 5.78 Å². The lowest BCUT2D eigenvalue weighted by Crippen LogP contribution is -2.11. The van der Waals surface area contributed by atoms with Gasteiger partial charge in [0, 0.05) is 18.8 Å². The zero-order chi connectivity index (χ0) is 10.8. The molecule has 15 heavy (non-hydrogen) atoms. The van der Waals surface area contributed by atoms with Crippen LogP contribution >= 0.6 is 0 Å². The molecule has 0 bridgehead atoms. The predicted molar refractivity (Wildman–Crippen MR) is 60.4 cm³/mol. The molecule has 2 rings (SSSR count). The van der Waals surface area contributed by atoms with Crippen LogP contribution in [0.5, 0.6) is 0 Å². The summed E-state index contributed by atoms with van der Waals surface area (Å²) in [5.74, 6) is 0.698. The van der Waals surface area contributed by atoms with Crippen molar-refractivity contribution >= 4 is 11.4 Å². The standard InChI is InChI=1S/C13H15NO/c1-9-5-11(7-12(15)6-9)13-8-14-4-3-10(13)2/h3-4,7-9H,5-6H2,1-2H3. The van der Waals surface area contributed by atoms with Crippen molar-refractivity contribution < 1.29 is 4.79 Å². The number of hydrogen-bond acceptors (Lipinski definition) is 2. The Morgan fingerprint density at radius 3 is 2.87 bits per heavy atom. The fraction of sp³-hybridized carbons (Fsp3) is 0.385. The first-order valence-electron chi connectivity index (χ1n) is 5.31. The third kappa shape index (κ3) is 2.14. The number of hydrogen-bond donors (Lipinski definition) is 0. The largest absolute Gasteiger partial charge is 0.295 e. The lowest BCUT2D eigenvalue weighted by molar-refractivity contribution is -0.115. The second-order valence-corrected chi connectivity index (χ2v) is 4.34. The highest BCUT2D eigenvalue weighted by Crippen LogP contribution is 2.30. The van der Waals surface area contributed by atoms with Gasteiger partial charge in [0.25, 0.3) is 0 Å². The van der Waals surface area contributed by atoms with E-state index in [0.717, 1.165) is 17.6 Å². The maximum Gasteiger partial charge on any atom is 0.156 e. The molecule has 0 amide bonds. The van der Waals surface area contributed by atoms with E-state index in [4.69, 9.17) is 0 Å². The van der Waals surface area contributed by atoms with Gasteiger partial charge < -0.3 is 0 Å². The summed E-state index contributed by atoms with van der Waals surface area (Å²) in [6, 6.07) is 1.99. The number of aromatic nitrogens is 1. The van der Waals surface area contributed by atoms with Crippen LogP contribution in [-0.4, -0.2) is 10.8 Å². The number of carbonyl (C=O) groups is 1. The molecule has 2 nitrogen and oxygen atoms in total. The Bertz CT molecular complexity index is 420. The summed E-state index contributed by atoms with van der Waals surface area (Å²) >= 11 is 0. The normalized spacial score (nSPS) is 21.3. The van der Waals surface area contributed by atoms with E-state index in [1.807, 2.05) is 12.3 Å². The molecule has 0 saturated heterocycles. The Balaban J connectivity index is 2.39. The van der Waals surface area contributed by atoms with Gasteiger partial charge in [0.2, 0.25) is 0 Å². The maximum atomic E-state index is 11.5.